The molecule has 1 heterocycles. The van der Waals surface area contributed by atoms with Gasteiger partial charge in [-0.05, 0) is 92.2 Å². The summed E-state index contributed by atoms with van der Waals surface area (Å²) in [5.74, 6) is 0. The van der Waals surface area contributed by atoms with Crippen LogP contribution in [-0.2, 0) is 5.41 Å². The summed E-state index contributed by atoms with van der Waals surface area (Å²) >= 11 is 0. The van der Waals surface area contributed by atoms with E-state index >= 15 is 0 Å². The van der Waals surface area contributed by atoms with E-state index in [1.54, 1.807) is 0 Å². The first kappa shape index (κ1) is 31.4. The summed E-state index contributed by atoms with van der Waals surface area (Å²) in [5, 5.41) is 4.77. The Bertz CT molecular complexity index is 2980. The van der Waals surface area contributed by atoms with Crippen LogP contribution in [-0.4, -0.2) is 0 Å². The number of benzene rings is 9. The lowest BCUT2D eigenvalue weighted by molar-refractivity contribution is 0.648. The summed E-state index contributed by atoms with van der Waals surface area (Å²) in [7, 11) is 0. The van der Waals surface area contributed by atoms with Crippen molar-refractivity contribution in [1.29, 1.82) is 0 Å². The molecule has 0 unspecified atom stereocenters. The van der Waals surface area contributed by atoms with Crippen LogP contribution in [0.2, 0.25) is 0 Å². The second-order valence-electron chi connectivity index (χ2n) is 14.4. The molecule has 11 rings (SSSR count). The van der Waals surface area contributed by atoms with Gasteiger partial charge in [-0.3, -0.25) is 0 Å². The van der Waals surface area contributed by atoms with E-state index in [-0.39, 0.29) is 0 Å². The maximum absolute atomic E-state index is 6.81. The molecule has 0 saturated heterocycles. The molecule has 10 aromatic rings. The van der Waals surface area contributed by atoms with Gasteiger partial charge in [0.05, 0.1) is 5.41 Å². The van der Waals surface area contributed by atoms with Crippen LogP contribution in [0.1, 0.15) is 22.3 Å². The molecular formula is C53H35NO. The molecule has 9 aromatic carbocycles. The van der Waals surface area contributed by atoms with E-state index in [1.807, 2.05) is 0 Å². The van der Waals surface area contributed by atoms with Crippen LogP contribution in [0.4, 0.5) is 17.1 Å². The fraction of sp³-hybridized carbons (Fsp3) is 0.0189. The van der Waals surface area contributed by atoms with Crippen molar-refractivity contribution in [3.63, 3.8) is 0 Å². The third-order valence-corrected chi connectivity index (χ3v) is 11.6. The minimum Gasteiger partial charge on any atom is -0.456 e. The van der Waals surface area contributed by atoms with Gasteiger partial charge in [0, 0.05) is 33.4 Å². The average Bonchev–Trinajstić information content (AvgIpc) is 3.79. The molecule has 0 amide bonds. The van der Waals surface area contributed by atoms with Crippen molar-refractivity contribution in [3.05, 3.63) is 235 Å². The maximum atomic E-state index is 6.81. The van der Waals surface area contributed by atoms with E-state index < -0.39 is 5.41 Å². The third kappa shape index (κ3) is 4.75. The summed E-state index contributed by atoms with van der Waals surface area (Å²) in [6.45, 7) is 0. The third-order valence-electron chi connectivity index (χ3n) is 11.6. The predicted octanol–water partition coefficient (Wildman–Crippen LogP) is 14.2. The van der Waals surface area contributed by atoms with E-state index in [2.05, 4.69) is 217 Å². The van der Waals surface area contributed by atoms with E-state index in [0.29, 0.717) is 0 Å². The lowest BCUT2D eigenvalue weighted by Crippen LogP contribution is -2.28. The molecule has 0 atom stereocenters. The molecule has 1 aliphatic carbocycles. The summed E-state index contributed by atoms with van der Waals surface area (Å²) in [4.78, 5) is 2.35. The molecule has 0 N–H and O–H groups in total. The second kappa shape index (κ2) is 12.5. The number of anilines is 3. The summed E-state index contributed by atoms with van der Waals surface area (Å²) in [6, 6.07) is 76.8. The Morgan fingerprint density at radius 3 is 1.60 bits per heavy atom. The molecule has 1 aliphatic rings. The van der Waals surface area contributed by atoms with Gasteiger partial charge in [-0.1, -0.05) is 170 Å². The van der Waals surface area contributed by atoms with Crippen molar-refractivity contribution < 1.29 is 4.42 Å². The Balaban J connectivity index is 1.09. The zero-order chi connectivity index (χ0) is 36.3. The Hall–Kier alpha value is -7.16. The molecule has 258 valence electrons. The highest BCUT2D eigenvalue weighted by Crippen LogP contribution is 2.58. The normalized spacial score (nSPS) is 12.9. The molecule has 2 nitrogen and oxygen atoms in total. The molecule has 1 aromatic heterocycles. The van der Waals surface area contributed by atoms with Crippen molar-refractivity contribution >= 4 is 49.8 Å². The second-order valence-corrected chi connectivity index (χ2v) is 14.4. The van der Waals surface area contributed by atoms with Gasteiger partial charge >= 0.3 is 0 Å². The van der Waals surface area contributed by atoms with Crippen LogP contribution >= 0.6 is 0 Å². The van der Waals surface area contributed by atoms with Gasteiger partial charge in [0.15, 0.2) is 0 Å². The molecule has 0 saturated carbocycles. The van der Waals surface area contributed by atoms with Gasteiger partial charge < -0.3 is 9.32 Å². The SMILES string of the molecule is c1ccc(N(c2ccc(-c3cccc4ccccc34)cc2)c2ccc(C3(c4cccc5c4oc4ccccc45)c4ccccc4-c4ccccc43)cc2)cc1. The monoisotopic (exact) mass is 701 g/mol. The van der Waals surface area contributed by atoms with Gasteiger partial charge in [0.25, 0.3) is 0 Å². The average molecular weight is 702 g/mol. The molecule has 0 radical (unpaired) electrons. The Morgan fingerprint density at radius 2 is 0.855 bits per heavy atom. The molecule has 55 heavy (non-hydrogen) atoms. The minimum absolute atomic E-state index is 0.600. The summed E-state index contributed by atoms with van der Waals surface area (Å²) in [5.41, 5.74) is 14.3. The number of para-hydroxylation sites is 3. The fourth-order valence-corrected chi connectivity index (χ4v) is 9.19. The van der Waals surface area contributed by atoms with Gasteiger partial charge in [0.1, 0.15) is 11.2 Å². The first-order chi connectivity index (χ1) is 27.3. The Morgan fingerprint density at radius 1 is 0.345 bits per heavy atom. The predicted molar refractivity (Wildman–Crippen MR) is 229 cm³/mol. The van der Waals surface area contributed by atoms with Gasteiger partial charge in [-0.25, -0.2) is 0 Å². The molecular weight excluding hydrogens is 667 g/mol. The minimum atomic E-state index is -0.600. The van der Waals surface area contributed by atoms with Crippen LogP contribution in [0.3, 0.4) is 0 Å². The van der Waals surface area contributed by atoms with Crippen molar-refractivity contribution in [1.82, 2.24) is 0 Å². The van der Waals surface area contributed by atoms with Crippen molar-refractivity contribution in [2.45, 2.75) is 5.41 Å². The number of hydrogen-bond donors (Lipinski definition) is 0. The van der Waals surface area contributed by atoms with Crippen LogP contribution < -0.4 is 4.90 Å². The lowest BCUT2D eigenvalue weighted by Gasteiger charge is -2.34. The Kier molecular flexibility index (Phi) is 7.11. The van der Waals surface area contributed by atoms with Crippen molar-refractivity contribution in [3.8, 4) is 22.3 Å². The van der Waals surface area contributed by atoms with Crippen LogP contribution in [0.5, 0.6) is 0 Å². The maximum Gasteiger partial charge on any atom is 0.140 e. The number of nitrogens with zero attached hydrogens (tertiary/aromatic N) is 1. The van der Waals surface area contributed by atoms with Crippen molar-refractivity contribution in [2.75, 3.05) is 4.90 Å². The quantitative estimate of drug-likeness (QED) is 0.172. The van der Waals surface area contributed by atoms with Crippen LogP contribution in [0, 0.1) is 0 Å². The van der Waals surface area contributed by atoms with Crippen LogP contribution in [0.25, 0.3) is 55.0 Å². The lowest BCUT2D eigenvalue weighted by atomic mass is 9.67. The number of fused-ring (bicyclic) bond motifs is 7. The highest BCUT2D eigenvalue weighted by molar-refractivity contribution is 6.07. The zero-order valence-electron chi connectivity index (χ0n) is 30.1. The van der Waals surface area contributed by atoms with Crippen molar-refractivity contribution in [2.24, 2.45) is 0 Å². The van der Waals surface area contributed by atoms with E-state index in [4.69, 9.17) is 4.42 Å². The number of hydrogen-bond acceptors (Lipinski definition) is 2. The molecule has 2 heteroatoms. The smallest absolute Gasteiger partial charge is 0.140 e. The summed E-state index contributed by atoms with van der Waals surface area (Å²) in [6.07, 6.45) is 0. The summed E-state index contributed by atoms with van der Waals surface area (Å²) < 4.78 is 6.81. The topological polar surface area (TPSA) is 16.4 Å². The zero-order valence-corrected chi connectivity index (χ0v) is 30.1. The first-order valence-electron chi connectivity index (χ1n) is 18.9. The first-order valence-corrected chi connectivity index (χ1v) is 18.9. The highest BCUT2D eigenvalue weighted by atomic mass is 16.3. The van der Waals surface area contributed by atoms with E-state index in [1.165, 1.54) is 49.7 Å². The molecule has 0 aliphatic heterocycles. The van der Waals surface area contributed by atoms with E-state index in [9.17, 15) is 0 Å². The molecule has 0 fully saturated rings. The largest absolute Gasteiger partial charge is 0.456 e. The number of furan rings is 1. The fourth-order valence-electron chi connectivity index (χ4n) is 9.19. The highest BCUT2D eigenvalue weighted by Gasteiger charge is 2.47. The van der Waals surface area contributed by atoms with E-state index in [0.717, 1.165) is 44.6 Å². The Labute approximate surface area is 320 Å². The van der Waals surface area contributed by atoms with Crippen LogP contribution in [0.15, 0.2) is 217 Å². The number of rotatable bonds is 6. The van der Waals surface area contributed by atoms with Gasteiger partial charge in [-0.2, -0.15) is 0 Å². The van der Waals surface area contributed by atoms with Gasteiger partial charge in [-0.15, -0.1) is 0 Å². The standard InChI is InChI=1S/C53H35NO/c1-2-16-39(17-3-1)54(40-32-28-37(29-33-40)43-22-12-15-36-14-4-5-18-42(36)43)41-34-30-38(31-35-41)53(48-24-9-6-19-44(48)45-20-7-10-25-49(45)53)50-26-13-23-47-46-21-8-11-27-51(46)55-52(47)50/h1-35H. The van der Waals surface area contributed by atoms with Gasteiger partial charge in [0.2, 0.25) is 0 Å². The molecule has 0 spiro atoms. The molecule has 0 bridgehead atoms.